The maximum atomic E-state index is 11.0. The highest BCUT2D eigenvalue weighted by atomic mass is 32.1. The minimum Gasteiger partial charge on any atom is -0.486 e. The lowest BCUT2D eigenvalue weighted by Crippen LogP contribution is -2.19. The van der Waals surface area contributed by atoms with E-state index in [1.807, 2.05) is 30.6 Å². The Hall–Kier alpha value is -2.12. The average molecular weight is 333 g/mol. The molecule has 1 amide bonds. The quantitative estimate of drug-likeness (QED) is 0.911. The highest BCUT2D eigenvalue weighted by Gasteiger charge is 2.13. The maximum Gasteiger partial charge on any atom is 0.223 e. The number of thiazole rings is 1. The van der Waals surface area contributed by atoms with Crippen molar-refractivity contribution in [2.75, 3.05) is 25.6 Å². The number of rotatable bonds is 5. The van der Waals surface area contributed by atoms with Gasteiger partial charge in [-0.3, -0.25) is 9.69 Å². The Morgan fingerprint density at radius 3 is 2.87 bits per heavy atom. The molecule has 2 aromatic rings. The molecule has 0 unspecified atom stereocenters. The second-order valence-electron chi connectivity index (χ2n) is 5.48. The Labute approximate surface area is 139 Å². The Balaban J connectivity index is 1.59. The summed E-state index contributed by atoms with van der Waals surface area (Å²) in [5, 5.41) is 5.30. The molecule has 1 aromatic carbocycles. The molecule has 0 spiro atoms. The van der Waals surface area contributed by atoms with E-state index in [4.69, 9.17) is 9.47 Å². The first-order valence-corrected chi connectivity index (χ1v) is 8.27. The zero-order valence-corrected chi connectivity index (χ0v) is 14.0. The van der Waals surface area contributed by atoms with Gasteiger partial charge < -0.3 is 14.8 Å². The van der Waals surface area contributed by atoms with Crippen LogP contribution in [0.3, 0.4) is 0 Å². The van der Waals surface area contributed by atoms with Crippen LogP contribution in [-0.4, -0.2) is 36.1 Å². The van der Waals surface area contributed by atoms with Crippen molar-refractivity contribution in [1.29, 1.82) is 0 Å². The van der Waals surface area contributed by atoms with Crippen LogP contribution in [-0.2, 0) is 17.9 Å². The lowest BCUT2D eigenvalue weighted by molar-refractivity contribution is -0.114. The fraction of sp³-hybridized carbons (Fsp3) is 0.375. The number of carbonyl (C=O) groups excluding carboxylic acids is 1. The number of nitrogens with one attached hydrogen (secondary N) is 1. The summed E-state index contributed by atoms with van der Waals surface area (Å²) in [4.78, 5) is 17.6. The standard InChI is InChI=1S/C16H19N3O3S/c1-11(20)17-16-18-13(10-23-16)9-19(2)8-12-3-4-14-15(7-12)22-6-5-21-14/h3-4,7,10H,5-6,8-9H2,1-2H3,(H,17,18,20). The molecule has 1 aromatic heterocycles. The van der Waals surface area contributed by atoms with Gasteiger partial charge in [0.1, 0.15) is 13.2 Å². The van der Waals surface area contributed by atoms with Crippen molar-refractivity contribution in [2.24, 2.45) is 0 Å². The van der Waals surface area contributed by atoms with Gasteiger partial charge in [-0.1, -0.05) is 6.07 Å². The molecule has 0 bridgehead atoms. The smallest absolute Gasteiger partial charge is 0.223 e. The molecule has 0 fully saturated rings. The highest BCUT2D eigenvalue weighted by molar-refractivity contribution is 7.13. The second-order valence-corrected chi connectivity index (χ2v) is 6.33. The Kier molecular flexibility index (Phi) is 4.78. The molecule has 6 nitrogen and oxygen atoms in total. The molecule has 23 heavy (non-hydrogen) atoms. The van der Waals surface area contributed by atoms with Gasteiger partial charge in [0.15, 0.2) is 16.6 Å². The lowest BCUT2D eigenvalue weighted by Gasteiger charge is -2.20. The third-order valence-electron chi connectivity index (χ3n) is 3.33. The van der Waals surface area contributed by atoms with Crippen LogP contribution in [0, 0.1) is 0 Å². The van der Waals surface area contributed by atoms with E-state index in [2.05, 4.69) is 15.2 Å². The van der Waals surface area contributed by atoms with Gasteiger partial charge >= 0.3 is 0 Å². The van der Waals surface area contributed by atoms with E-state index >= 15 is 0 Å². The van der Waals surface area contributed by atoms with Crippen molar-refractivity contribution >= 4 is 22.4 Å². The maximum absolute atomic E-state index is 11.0. The summed E-state index contributed by atoms with van der Waals surface area (Å²) < 4.78 is 11.1. The zero-order chi connectivity index (χ0) is 16.2. The van der Waals surface area contributed by atoms with Crippen molar-refractivity contribution < 1.29 is 14.3 Å². The summed E-state index contributed by atoms with van der Waals surface area (Å²) in [5.41, 5.74) is 2.10. The SMILES string of the molecule is CC(=O)Nc1nc(CN(C)Cc2ccc3c(c2)OCCO3)cs1. The molecule has 0 aliphatic carbocycles. The van der Waals surface area contributed by atoms with Gasteiger partial charge in [0.05, 0.1) is 5.69 Å². The number of carbonyl (C=O) groups is 1. The zero-order valence-electron chi connectivity index (χ0n) is 13.2. The molecule has 0 atom stereocenters. The van der Waals surface area contributed by atoms with Crippen molar-refractivity contribution in [1.82, 2.24) is 9.88 Å². The largest absolute Gasteiger partial charge is 0.486 e. The van der Waals surface area contributed by atoms with Crippen LogP contribution in [0.15, 0.2) is 23.6 Å². The molecule has 1 aliphatic heterocycles. The molecule has 1 N–H and O–H groups in total. The van der Waals surface area contributed by atoms with Crippen molar-refractivity contribution in [3.63, 3.8) is 0 Å². The minimum atomic E-state index is -0.101. The number of nitrogens with zero attached hydrogens (tertiary/aromatic N) is 2. The molecule has 7 heteroatoms. The van der Waals surface area contributed by atoms with Gasteiger partial charge in [0, 0.05) is 25.4 Å². The third kappa shape index (κ3) is 4.20. The van der Waals surface area contributed by atoms with Crippen molar-refractivity contribution in [3.05, 3.63) is 34.8 Å². The fourth-order valence-electron chi connectivity index (χ4n) is 2.42. The Bertz CT molecular complexity index is 702. The van der Waals surface area contributed by atoms with E-state index in [0.29, 0.717) is 24.9 Å². The first kappa shape index (κ1) is 15.8. The summed E-state index contributed by atoms with van der Waals surface area (Å²) in [6, 6.07) is 6.03. The summed E-state index contributed by atoms with van der Waals surface area (Å²) in [7, 11) is 2.04. The van der Waals surface area contributed by atoms with Crippen LogP contribution in [0.4, 0.5) is 5.13 Å². The number of benzene rings is 1. The van der Waals surface area contributed by atoms with E-state index in [0.717, 1.165) is 29.3 Å². The van der Waals surface area contributed by atoms with E-state index in [-0.39, 0.29) is 5.91 Å². The number of aromatic nitrogens is 1. The number of ether oxygens (including phenoxy) is 2. The van der Waals surface area contributed by atoms with Crippen LogP contribution in [0.1, 0.15) is 18.2 Å². The predicted octanol–water partition coefficient (Wildman–Crippen LogP) is 2.50. The molecule has 3 rings (SSSR count). The topological polar surface area (TPSA) is 63.7 Å². The van der Waals surface area contributed by atoms with Gasteiger partial charge in [0.2, 0.25) is 5.91 Å². The molecule has 0 saturated carbocycles. The Morgan fingerprint density at radius 1 is 1.30 bits per heavy atom. The van der Waals surface area contributed by atoms with Crippen molar-refractivity contribution in [2.45, 2.75) is 20.0 Å². The summed E-state index contributed by atoms with van der Waals surface area (Å²) >= 11 is 1.44. The predicted molar refractivity (Wildman–Crippen MR) is 89.0 cm³/mol. The van der Waals surface area contributed by atoms with E-state index in [1.54, 1.807) is 0 Å². The second kappa shape index (κ2) is 6.97. The van der Waals surface area contributed by atoms with E-state index in [1.165, 1.54) is 18.3 Å². The van der Waals surface area contributed by atoms with E-state index < -0.39 is 0 Å². The molecule has 2 heterocycles. The molecule has 0 saturated heterocycles. The molecular weight excluding hydrogens is 314 g/mol. The number of amides is 1. The molecule has 122 valence electrons. The third-order valence-corrected chi connectivity index (χ3v) is 4.13. The van der Waals surface area contributed by atoms with Gasteiger partial charge in [-0.05, 0) is 24.7 Å². The van der Waals surface area contributed by atoms with Crippen LogP contribution in [0.2, 0.25) is 0 Å². The first-order valence-electron chi connectivity index (χ1n) is 7.39. The summed E-state index contributed by atoms with van der Waals surface area (Å²) in [5.74, 6) is 1.52. The van der Waals surface area contributed by atoms with Gasteiger partial charge in [0.25, 0.3) is 0 Å². The molecular formula is C16H19N3O3S. The van der Waals surface area contributed by atoms with Crippen LogP contribution in [0.5, 0.6) is 11.5 Å². The summed E-state index contributed by atoms with van der Waals surface area (Å²) in [6.07, 6.45) is 0. The highest BCUT2D eigenvalue weighted by Crippen LogP contribution is 2.31. The lowest BCUT2D eigenvalue weighted by atomic mass is 10.2. The van der Waals surface area contributed by atoms with Crippen molar-refractivity contribution in [3.8, 4) is 11.5 Å². The first-order chi connectivity index (χ1) is 11.1. The van der Waals surface area contributed by atoms with Gasteiger partial charge in [-0.25, -0.2) is 4.98 Å². The number of anilines is 1. The Morgan fingerprint density at radius 2 is 2.09 bits per heavy atom. The number of hydrogen-bond donors (Lipinski definition) is 1. The molecule has 0 radical (unpaired) electrons. The fourth-order valence-corrected chi connectivity index (χ4v) is 3.17. The number of hydrogen-bond acceptors (Lipinski definition) is 6. The minimum absolute atomic E-state index is 0.101. The number of fused-ring (bicyclic) bond motifs is 1. The van der Waals surface area contributed by atoms with Gasteiger partial charge in [-0.2, -0.15) is 0 Å². The average Bonchev–Trinajstić information content (AvgIpc) is 2.93. The normalized spacial score (nSPS) is 13.2. The summed E-state index contributed by atoms with van der Waals surface area (Å²) in [6.45, 7) is 4.17. The van der Waals surface area contributed by atoms with Crippen LogP contribution < -0.4 is 14.8 Å². The van der Waals surface area contributed by atoms with Gasteiger partial charge in [-0.15, -0.1) is 11.3 Å². The van der Waals surface area contributed by atoms with E-state index in [9.17, 15) is 4.79 Å². The van der Waals surface area contributed by atoms with Crippen LogP contribution >= 0.6 is 11.3 Å². The monoisotopic (exact) mass is 333 g/mol. The van der Waals surface area contributed by atoms with Crippen LogP contribution in [0.25, 0.3) is 0 Å². The molecule has 1 aliphatic rings.